The van der Waals surface area contributed by atoms with Crippen molar-refractivity contribution in [3.8, 4) is 11.3 Å². The molecular weight excluding hydrogens is 422 g/mol. The summed E-state index contributed by atoms with van der Waals surface area (Å²) >= 11 is 0. The monoisotopic (exact) mass is 449 g/mol. The van der Waals surface area contributed by atoms with Gasteiger partial charge in [0.05, 0.1) is 23.8 Å². The van der Waals surface area contributed by atoms with E-state index in [4.69, 9.17) is 14.6 Å². The fraction of sp³-hybridized carbons (Fsp3) is 0.320. The maximum Gasteiger partial charge on any atom is 0.328 e. The molecule has 1 unspecified atom stereocenters. The van der Waals surface area contributed by atoms with E-state index in [1.54, 1.807) is 6.26 Å². The lowest BCUT2D eigenvalue weighted by Gasteiger charge is -2.37. The molecule has 0 spiro atoms. The Morgan fingerprint density at radius 2 is 1.76 bits per heavy atom. The summed E-state index contributed by atoms with van der Waals surface area (Å²) in [6.07, 6.45) is 10.0. The van der Waals surface area contributed by atoms with Crippen LogP contribution in [0.1, 0.15) is 25.7 Å². The summed E-state index contributed by atoms with van der Waals surface area (Å²) in [4.78, 5) is 26.4. The summed E-state index contributed by atoms with van der Waals surface area (Å²) in [5, 5.41) is 20.4. The van der Waals surface area contributed by atoms with E-state index in [2.05, 4.69) is 46.5 Å². The van der Waals surface area contributed by atoms with E-state index < -0.39 is 11.9 Å². The van der Waals surface area contributed by atoms with Gasteiger partial charge in [0, 0.05) is 41.2 Å². The Balaban J connectivity index is 0.000000281. The highest BCUT2D eigenvalue weighted by Crippen LogP contribution is 2.35. The molecule has 0 radical (unpaired) electrons. The maximum atomic E-state index is 9.55. The van der Waals surface area contributed by atoms with Gasteiger partial charge in [-0.3, -0.25) is 4.98 Å². The number of carboxylic acid groups (broad SMARTS) is 2. The number of carbonyl (C=O) groups is 2. The highest BCUT2D eigenvalue weighted by Gasteiger charge is 2.38. The number of nitrogens with zero attached hydrogens (tertiary/aromatic N) is 2. The molecule has 8 nitrogen and oxygen atoms in total. The van der Waals surface area contributed by atoms with Crippen molar-refractivity contribution in [1.82, 2.24) is 9.88 Å². The van der Waals surface area contributed by atoms with Crippen LogP contribution in [0.5, 0.6) is 0 Å². The molecule has 2 saturated heterocycles. The highest BCUT2D eigenvalue weighted by atomic mass is 16.4. The van der Waals surface area contributed by atoms with Crippen LogP contribution in [0.2, 0.25) is 0 Å². The third kappa shape index (κ3) is 5.59. The second kappa shape index (κ2) is 9.87. The number of rotatable bonds is 5. The van der Waals surface area contributed by atoms with Crippen molar-refractivity contribution in [2.45, 2.75) is 43.8 Å². The largest absolute Gasteiger partial charge is 0.478 e. The Kier molecular flexibility index (Phi) is 6.74. The normalized spacial score (nSPS) is 22.2. The number of carboxylic acids is 2. The standard InChI is InChI=1S/C21H23N3O.C4H4O4/c1-24-18-4-5-19(24)12-17(11-18)23-16-3-6-20(22-13-16)14-2-7-21-15(10-14)8-9-25-21;5-3(6)1-2-4(7)8/h2-3,6-10,13,17-19,23H,4-5,11-12H2,1H3;1-2H,(H,5,6)(H,7,8)/b;2-1+/t17?,18-,19+;. The van der Waals surface area contributed by atoms with Gasteiger partial charge in [-0.15, -0.1) is 0 Å². The van der Waals surface area contributed by atoms with Gasteiger partial charge in [0.15, 0.2) is 0 Å². The van der Waals surface area contributed by atoms with Crippen molar-refractivity contribution in [3.05, 3.63) is 61.0 Å². The number of pyridine rings is 1. The summed E-state index contributed by atoms with van der Waals surface area (Å²) in [7, 11) is 2.28. The fourth-order valence-corrected chi connectivity index (χ4v) is 4.68. The average Bonchev–Trinajstić information content (AvgIpc) is 3.33. The summed E-state index contributed by atoms with van der Waals surface area (Å²) in [6.45, 7) is 0. The number of nitrogens with one attached hydrogen (secondary N) is 1. The smallest absolute Gasteiger partial charge is 0.328 e. The quantitative estimate of drug-likeness (QED) is 0.495. The lowest BCUT2D eigenvalue weighted by atomic mass is 9.98. The Hall–Kier alpha value is -3.65. The number of piperidine rings is 1. The predicted octanol–water partition coefficient (Wildman–Crippen LogP) is 4.24. The Labute approximate surface area is 191 Å². The summed E-state index contributed by atoms with van der Waals surface area (Å²) in [6, 6.07) is 14.5. The first-order chi connectivity index (χ1) is 15.9. The minimum absolute atomic E-state index is 0.558. The molecule has 8 heteroatoms. The molecular formula is C25H27N3O5. The van der Waals surface area contributed by atoms with Crippen LogP contribution in [0.15, 0.2) is 65.4 Å². The molecule has 0 amide bonds. The van der Waals surface area contributed by atoms with Crippen LogP contribution in [-0.2, 0) is 9.59 Å². The van der Waals surface area contributed by atoms with Crippen LogP contribution in [0, 0.1) is 0 Å². The first-order valence-corrected chi connectivity index (χ1v) is 10.9. The van der Waals surface area contributed by atoms with Gasteiger partial charge in [0.1, 0.15) is 5.58 Å². The molecule has 0 saturated carbocycles. The molecule has 1 aromatic carbocycles. The number of anilines is 1. The zero-order valence-electron chi connectivity index (χ0n) is 18.3. The SMILES string of the molecule is CN1[C@@H]2CC[C@H]1CC(Nc1ccc(-c3ccc4occc4c3)nc1)C2.O=C(O)/C=C/C(=O)O. The Morgan fingerprint density at radius 3 is 2.36 bits per heavy atom. The van der Waals surface area contributed by atoms with Crippen molar-refractivity contribution in [2.24, 2.45) is 0 Å². The minimum atomic E-state index is -1.26. The third-order valence-electron chi connectivity index (χ3n) is 6.35. The van der Waals surface area contributed by atoms with Gasteiger partial charge in [0.2, 0.25) is 0 Å². The van der Waals surface area contributed by atoms with Crippen molar-refractivity contribution >= 4 is 28.6 Å². The number of furan rings is 1. The van der Waals surface area contributed by atoms with Gasteiger partial charge in [-0.25, -0.2) is 9.59 Å². The van der Waals surface area contributed by atoms with Crippen LogP contribution in [0.25, 0.3) is 22.2 Å². The molecule has 2 fully saturated rings. The number of hydrogen-bond acceptors (Lipinski definition) is 6. The summed E-state index contributed by atoms with van der Waals surface area (Å²) in [5.41, 5.74) is 4.16. The molecule has 2 aliphatic heterocycles. The zero-order chi connectivity index (χ0) is 23.4. The highest BCUT2D eigenvalue weighted by molar-refractivity contribution is 5.89. The van der Waals surface area contributed by atoms with E-state index in [0.29, 0.717) is 18.2 Å². The molecule has 3 aromatic rings. The number of hydrogen-bond donors (Lipinski definition) is 3. The number of aliphatic carboxylic acids is 2. The van der Waals surface area contributed by atoms with E-state index in [1.807, 2.05) is 18.3 Å². The first kappa shape index (κ1) is 22.5. The van der Waals surface area contributed by atoms with E-state index in [0.717, 1.165) is 40.0 Å². The lowest BCUT2D eigenvalue weighted by molar-refractivity contribution is -0.134. The molecule has 2 aliphatic rings. The fourth-order valence-electron chi connectivity index (χ4n) is 4.68. The van der Waals surface area contributed by atoms with Crippen molar-refractivity contribution < 1.29 is 24.2 Å². The van der Waals surface area contributed by atoms with E-state index in [-0.39, 0.29) is 0 Å². The molecule has 5 rings (SSSR count). The van der Waals surface area contributed by atoms with Gasteiger partial charge in [-0.05, 0) is 69.1 Å². The zero-order valence-corrected chi connectivity index (χ0v) is 18.3. The third-order valence-corrected chi connectivity index (χ3v) is 6.35. The van der Waals surface area contributed by atoms with Gasteiger partial charge in [-0.1, -0.05) is 0 Å². The molecule has 3 N–H and O–H groups in total. The molecule has 3 atom stereocenters. The average molecular weight is 450 g/mol. The minimum Gasteiger partial charge on any atom is -0.478 e. The number of benzene rings is 1. The second-order valence-corrected chi connectivity index (χ2v) is 8.48. The molecule has 0 aliphatic carbocycles. The molecule has 33 heavy (non-hydrogen) atoms. The van der Waals surface area contributed by atoms with Crippen molar-refractivity contribution in [2.75, 3.05) is 12.4 Å². The van der Waals surface area contributed by atoms with Gasteiger partial charge in [0.25, 0.3) is 0 Å². The maximum absolute atomic E-state index is 9.55. The number of aromatic nitrogens is 1. The second-order valence-electron chi connectivity index (χ2n) is 8.48. The van der Waals surface area contributed by atoms with E-state index in [1.165, 1.54) is 25.7 Å². The Bertz CT molecular complexity index is 1120. The Morgan fingerprint density at radius 1 is 1.06 bits per heavy atom. The topological polar surface area (TPSA) is 116 Å². The van der Waals surface area contributed by atoms with Crippen molar-refractivity contribution in [3.63, 3.8) is 0 Å². The molecule has 2 bridgehead atoms. The van der Waals surface area contributed by atoms with Gasteiger partial charge in [-0.2, -0.15) is 0 Å². The molecule has 4 heterocycles. The summed E-state index contributed by atoms with van der Waals surface area (Å²) in [5.74, 6) is -2.51. The predicted molar refractivity (Wildman–Crippen MR) is 125 cm³/mol. The molecule has 2 aromatic heterocycles. The first-order valence-electron chi connectivity index (χ1n) is 10.9. The van der Waals surface area contributed by atoms with Gasteiger partial charge >= 0.3 is 11.9 Å². The molecule has 172 valence electrons. The van der Waals surface area contributed by atoms with Crippen LogP contribution < -0.4 is 5.32 Å². The number of fused-ring (bicyclic) bond motifs is 3. The van der Waals surface area contributed by atoms with Crippen LogP contribution in [-0.4, -0.2) is 57.2 Å². The van der Waals surface area contributed by atoms with Crippen molar-refractivity contribution in [1.29, 1.82) is 0 Å². The van der Waals surface area contributed by atoms with Crippen LogP contribution in [0.3, 0.4) is 0 Å². The lowest BCUT2D eigenvalue weighted by Crippen LogP contribution is -2.44. The van der Waals surface area contributed by atoms with Crippen LogP contribution in [0.4, 0.5) is 5.69 Å². The van der Waals surface area contributed by atoms with Crippen LogP contribution >= 0.6 is 0 Å². The van der Waals surface area contributed by atoms with E-state index in [9.17, 15) is 9.59 Å². The summed E-state index contributed by atoms with van der Waals surface area (Å²) < 4.78 is 5.41. The van der Waals surface area contributed by atoms with Gasteiger partial charge < -0.3 is 24.8 Å². The van der Waals surface area contributed by atoms with E-state index >= 15 is 0 Å².